The maximum Gasteiger partial charge on any atom is 0.167 e. The highest BCUT2D eigenvalue weighted by Gasteiger charge is 2.71. The minimum Gasteiger partial charge on any atom is -0.386 e. The first-order chi connectivity index (χ1) is 14.1. The number of aliphatic hydroxyl groups is 2. The molecule has 0 aromatic carbocycles. The summed E-state index contributed by atoms with van der Waals surface area (Å²) in [6.07, 6.45) is 11.0. The van der Waals surface area contributed by atoms with Crippen molar-refractivity contribution in [2.24, 2.45) is 46.3 Å². The van der Waals surface area contributed by atoms with E-state index < -0.39 is 11.7 Å². The summed E-state index contributed by atoms with van der Waals surface area (Å²) in [5, 5.41) is 23.5. The normalized spacial score (nSPS) is 49.5. The van der Waals surface area contributed by atoms with Crippen LogP contribution < -0.4 is 0 Å². The number of hydrogen-bond donors (Lipinski definition) is 2. The summed E-state index contributed by atoms with van der Waals surface area (Å²) in [5.41, 5.74) is -1.31. The van der Waals surface area contributed by atoms with E-state index in [0.29, 0.717) is 11.8 Å². The van der Waals surface area contributed by atoms with Crippen molar-refractivity contribution in [2.75, 3.05) is 0 Å². The Morgan fingerprint density at radius 1 is 0.933 bits per heavy atom. The van der Waals surface area contributed by atoms with Crippen molar-refractivity contribution < 1.29 is 15.0 Å². The predicted molar refractivity (Wildman–Crippen MR) is 121 cm³/mol. The molecular formula is C27H46O3. The molecule has 0 bridgehead atoms. The zero-order chi connectivity index (χ0) is 21.9. The number of carbonyl (C=O) groups is 1. The number of rotatable bonds is 5. The molecule has 0 aliphatic heterocycles. The highest BCUT2D eigenvalue weighted by Crippen LogP contribution is 2.69. The van der Waals surface area contributed by atoms with E-state index in [4.69, 9.17) is 0 Å². The predicted octanol–water partition coefficient (Wildman–Crippen LogP) is 5.76. The van der Waals surface area contributed by atoms with Gasteiger partial charge in [0.25, 0.3) is 0 Å². The molecule has 4 fully saturated rings. The molecule has 172 valence electrons. The molecule has 4 saturated carbocycles. The molecular weight excluding hydrogens is 372 g/mol. The summed E-state index contributed by atoms with van der Waals surface area (Å²) >= 11 is 0. The van der Waals surface area contributed by atoms with Crippen LogP contribution in [0, 0.1) is 46.3 Å². The average molecular weight is 419 g/mol. The lowest BCUT2D eigenvalue weighted by Gasteiger charge is -2.65. The molecule has 9 atom stereocenters. The van der Waals surface area contributed by atoms with E-state index in [1.807, 2.05) is 0 Å². The van der Waals surface area contributed by atoms with E-state index in [-0.39, 0.29) is 34.4 Å². The van der Waals surface area contributed by atoms with Crippen LogP contribution in [0.2, 0.25) is 0 Å². The third-order valence-electron chi connectivity index (χ3n) is 10.7. The zero-order valence-corrected chi connectivity index (χ0v) is 20.1. The number of aliphatic hydroxyl groups excluding tert-OH is 1. The molecule has 4 rings (SSSR count). The first-order valence-corrected chi connectivity index (χ1v) is 13.0. The van der Waals surface area contributed by atoms with Gasteiger partial charge in [0.1, 0.15) is 11.7 Å². The van der Waals surface area contributed by atoms with E-state index in [0.717, 1.165) is 57.3 Å². The van der Waals surface area contributed by atoms with Gasteiger partial charge in [-0.3, -0.25) is 4.79 Å². The van der Waals surface area contributed by atoms with Gasteiger partial charge in [0.2, 0.25) is 0 Å². The van der Waals surface area contributed by atoms with Crippen LogP contribution >= 0.6 is 0 Å². The van der Waals surface area contributed by atoms with Gasteiger partial charge in [0.15, 0.2) is 5.78 Å². The molecule has 4 aliphatic rings. The molecule has 3 nitrogen and oxygen atoms in total. The van der Waals surface area contributed by atoms with Crippen molar-refractivity contribution in [1.29, 1.82) is 0 Å². The topological polar surface area (TPSA) is 57.5 Å². The quantitative estimate of drug-likeness (QED) is 0.596. The van der Waals surface area contributed by atoms with E-state index in [2.05, 4.69) is 34.6 Å². The zero-order valence-electron chi connectivity index (χ0n) is 20.1. The summed E-state index contributed by atoms with van der Waals surface area (Å²) in [5.74, 6) is 2.02. The third-order valence-corrected chi connectivity index (χ3v) is 10.7. The third kappa shape index (κ3) is 3.16. The first-order valence-electron chi connectivity index (χ1n) is 13.0. The molecule has 0 heterocycles. The summed E-state index contributed by atoms with van der Waals surface area (Å²) in [6.45, 7) is 11.7. The van der Waals surface area contributed by atoms with Crippen molar-refractivity contribution in [3.8, 4) is 0 Å². The first kappa shape index (κ1) is 22.8. The minimum absolute atomic E-state index is 0.0433. The second kappa shape index (κ2) is 7.87. The number of fused-ring (bicyclic) bond motifs is 5. The smallest absolute Gasteiger partial charge is 0.167 e. The minimum atomic E-state index is -1.22. The van der Waals surface area contributed by atoms with Crippen LogP contribution in [0.15, 0.2) is 0 Å². The molecule has 0 saturated heterocycles. The maximum absolute atomic E-state index is 13.3. The Bertz CT molecular complexity index is 658. The van der Waals surface area contributed by atoms with Crippen LogP contribution in [0.4, 0.5) is 0 Å². The number of Topliss-reactive ketones (excluding diaryl/α,β-unsaturated/α-hetero) is 1. The standard InChI is InChI=1S/C27H46O3/c1-17(2)9-8-10-18(3)19-12-13-21-26(19,5)16-14-22-25(4)15-7-6-11-20(25)23(28)24(29)27(21,22)30/h17-22,24,29-30H,6-16H2,1-5H3/t18-,19-,20?,21-,22-,24?,25+,26-,27-/m1/s1. The lowest BCUT2D eigenvalue weighted by molar-refractivity contribution is -0.253. The Labute approximate surface area is 184 Å². The fourth-order valence-electron chi connectivity index (χ4n) is 9.20. The monoisotopic (exact) mass is 418 g/mol. The lowest BCUT2D eigenvalue weighted by atomic mass is 9.41. The van der Waals surface area contributed by atoms with Crippen LogP contribution in [0.1, 0.15) is 105 Å². The molecule has 4 aliphatic carbocycles. The van der Waals surface area contributed by atoms with Crippen LogP contribution in [0.25, 0.3) is 0 Å². The summed E-state index contributed by atoms with van der Waals surface area (Å²) < 4.78 is 0. The average Bonchev–Trinajstić information content (AvgIpc) is 3.04. The molecule has 2 N–H and O–H groups in total. The Hall–Kier alpha value is -0.410. The van der Waals surface area contributed by atoms with Crippen molar-refractivity contribution in [3.05, 3.63) is 0 Å². The van der Waals surface area contributed by atoms with Gasteiger partial charge in [-0.1, -0.05) is 66.7 Å². The van der Waals surface area contributed by atoms with Gasteiger partial charge in [0.05, 0.1) is 0 Å². The van der Waals surface area contributed by atoms with Gasteiger partial charge in [-0.05, 0) is 78.9 Å². The molecule has 0 amide bonds. The fourth-order valence-corrected chi connectivity index (χ4v) is 9.20. The second-order valence-electron chi connectivity index (χ2n) is 12.6. The highest BCUT2D eigenvalue weighted by atomic mass is 16.4. The Balaban J connectivity index is 1.61. The van der Waals surface area contributed by atoms with Gasteiger partial charge in [0, 0.05) is 5.92 Å². The summed E-state index contributed by atoms with van der Waals surface area (Å²) in [6, 6.07) is 0. The molecule has 0 aromatic heterocycles. The fraction of sp³-hybridized carbons (Fsp3) is 0.963. The maximum atomic E-state index is 13.3. The van der Waals surface area contributed by atoms with E-state index >= 15 is 0 Å². The Morgan fingerprint density at radius 3 is 2.33 bits per heavy atom. The van der Waals surface area contributed by atoms with Gasteiger partial charge < -0.3 is 10.2 Å². The van der Waals surface area contributed by atoms with E-state index in [9.17, 15) is 15.0 Å². The van der Waals surface area contributed by atoms with E-state index in [1.54, 1.807) is 0 Å². The van der Waals surface area contributed by atoms with Crippen LogP contribution in [0.5, 0.6) is 0 Å². The summed E-state index contributed by atoms with van der Waals surface area (Å²) in [7, 11) is 0. The molecule has 0 radical (unpaired) electrons. The molecule has 3 heteroatoms. The molecule has 30 heavy (non-hydrogen) atoms. The molecule has 0 aromatic rings. The van der Waals surface area contributed by atoms with Crippen molar-refractivity contribution in [1.82, 2.24) is 0 Å². The molecule has 2 unspecified atom stereocenters. The van der Waals surface area contributed by atoms with Gasteiger partial charge in [-0.2, -0.15) is 0 Å². The van der Waals surface area contributed by atoms with Crippen LogP contribution in [-0.2, 0) is 4.79 Å². The molecule has 0 spiro atoms. The Morgan fingerprint density at radius 2 is 1.63 bits per heavy atom. The second-order valence-corrected chi connectivity index (χ2v) is 12.6. The highest BCUT2D eigenvalue weighted by molar-refractivity contribution is 5.88. The van der Waals surface area contributed by atoms with Crippen molar-refractivity contribution >= 4 is 5.78 Å². The van der Waals surface area contributed by atoms with Gasteiger partial charge in [-0.25, -0.2) is 0 Å². The number of ketones is 1. The van der Waals surface area contributed by atoms with Crippen molar-refractivity contribution in [2.45, 2.75) is 117 Å². The number of hydrogen-bond acceptors (Lipinski definition) is 3. The SMILES string of the molecule is CC(C)CCC[C@@H](C)[C@H]1CC[C@@H]2[C@]1(C)CC[C@H]1[C@@]2(O)C(O)C(=O)C2CCCC[C@@]21C. The van der Waals surface area contributed by atoms with Crippen LogP contribution in [0.3, 0.4) is 0 Å². The van der Waals surface area contributed by atoms with Crippen LogP contribution in [-0.4, -0.2) is 27.7 Å². The van der Waals surface area contributed by atoms with E-state index in [1.165, 1.54) is 19.3 Å². The van der Waals surface area contributed by atoms with Crippen molar-refractivity contribution in [3.63, 3.8) is 0 Å². The Kier molecular flexibility index (Phi) is 5.97. The summed E-state index contributed by atoms with van der Waals surface area (Å²) in [4.78, 5) is 13.3. The largest absolute Gasteiger partial charge is 0.386 e. The van der Waals surface area contributed by atoms with Gasteiger partial charge in [-0.15, -0.1) is 0 Å². The lowest BCUT2D eigenvalue weighted by Crippen LogP contribution is -2.72. The van der Waals surface area contributed by atoms with Gasteiger partial charge >= 0.3 is 0 Å². The number of carbonyl (C=O) groups excluding carboxylic acids is 1.